The van der Waals surface area contributed by atoms with E-state index in [1.807, 2.05) is 32.0 Å². The van der Waals surface area contributed by atoms with Gasteiger partial charge in [-0.3, -0.25) is 0 Å². The molecule has 4 heteroatoms. The Labute approximate surface area is 104 Å². The van der Waals surface area contributed by atoms with E-state index in [9.17, 15) is 4.79 Å². The molecule has 0 unspecified atom stereocenters. The Balaban J connectivity index is 2.59. The molecule has 0 aliphatic carbocycles. The molecule has 1 rings (SSSR count). The van der Waals surface area contributed by atoms with E-state index in [-0.39, 0.29) is 15.5 Å². The van der Waals surface area contributed by atoms with Crippen LogP contribution in [0.15, 0.2) is 30.5 Å². The fourth-order valence-electron chi connectivity index (χ4n) is 1.23. The van der Waals surface area contributed by atoms with Crippen molar-refractivity contribution in [3.63, 3.8) is 0 Å². The van der Waals surface area contributed by atoms with Crippen LogP contribution >= 0.6 is 0 Å². The Kier molecular flexibility index (Phi) is 4.97. The van der Waals surface area contributed by atoms with Crippen LogP contribution in [-0.4, -0.2) is 22.3 Å². The van der Waals surface area contributed by atoms with Crippen LogP contribution in [0.4, 0.5) is 0 Å². The van der Waals surface area contributed by atoms with Crippen molar-refractivity contribution in [1.29, 1.82) is 0 Å². The summed E-state index contributed by atoms with van der Waals surface area (Å²) in [6.45, 7) is 9.71. The van der Waals surface area contributed by atoms with Crippen LogP contribution in [0, 0.1) is 13.8 Å². The van der Waals surface area contributed by atoms with E-state index in [1.54, 1.807) is 6.92 Å². The number of hydrogen-bond acceptors (Lipinski definition) is 3. The molecule has 3 nitrogen and oxygen atoms in total. The first kappa shape index (κ1) is 13.5. The topological polar surface area (TPSA) is 35.5 Å². The Morgan fingerprint density at radius 3 is 2.76 bits per heavy atom. The lowest BCUT2D eigenvalue weighted by molar-refractivity contribution is -0.140. The summed E-state index contributed by atoms with van der Waals surface area (Å²) < 4.78 is 10.1. The van der Waals surface area contributed by atoms with Crippen LogP contribution in [0.3, 0.4) is 0 Å². The molecule has 90 valence electrons. The van der Waals surface area contributed by atoms with Gasteiger partial charge < -0.3 is 9.16 Å². The largest absolute Gasteiger partial charge is 0.531 e. The molecule has 0 spiro atoms. The van der Waals surface area contributed by atoms with Crippen LogP contribution in [0.25, 0.3) is 0 Å². The first-order valence-corrected chi connectivity index (χ1v) is 6.32. The summed E-state index contributed by atoms with van der Waals surface area (Å²) in [6, 6.07) is 6.00. The highest BCUT2D eigenvalue weighted by molar-refractivity contribution is 6.48. The van der Waals surface area contributed by atoms with Crippen LogP contribution in [0.1, 0.15) is 18.1 Å². The Bertz CT molecular complexity index is 427. The van der Waals surface area contributed by atoms with Gasteiger partial charge in [-0.2, -0.15) is 0 Å². The molecule has 17 heavy (non-hydrogen) atoms. The minimum atomic E-state index is -0.495. The molecule has 0 fully saturated rings. The Hall–Kier alpha value is -1.55. The highest BCUT2D eigenvalue weighted by Gasteiger charge is 2.11. The van der Waals surface area contributed by atoms with Gasteiger partial charge in [0.1, 0.15) is 0 Å². The molecular weight excluding hydrogens is 232 g/mol. The summed E-state index contributed by atoms with van der Waals surface area (Å²) in [5.74, 6) is -0.434. The third-order valence-electron chi connectivity index (χ3n) is 2.39. The molecule has 0 atom stereocenters. The highest BCUT2D eigenvalue weighted by Crippen LogP contribution is 2.03. The standard InChI is InChI=1S/C13H16O3Si/c1-5-15-13(14)11(4)16-17-12-8-6-7-9(2)10(12)3/h6-8H,4-5H2,1-3H3. The third kappa shape index (κ3) is 3.74. The predicted octanol–water partition coefficient (Wildman–Crippen LogP) is 1.64. The number of ether oxygens (including phenoxy) is 1. The van der Waals surface area contributed by atoms with Crippen LogP contribution in [0.2, 0.25) is 0 Å². The number of hydrogen-bond donors (Lipinski definition) is 0. The van der Waals surface area contributed by atoms with Gasteiger partial charge in [-0.25, -0.2) is 4.79 Å². The zero-order valence-electron chi connectivity index (χ0n) is 10.4. The van der Waals surface area contributed by atoms with Gasteiger partial charge in [0.25, 0.3) is 0 Å². The molecule has 2 radical (unpaired) electrons. The van der Waals surface area contributed by atoms with E-state index in [1.165, 1.54) is 11.1 Å². The van der Waals surface area contributed by atoms with Crippen LogP contribution in [0.5, 0.6) is 0 Å². The van der Waals surface area contributed by atoms with Crippen LogP contribution < -0.4 is 5.19 Å². The van der Waals surface area contributed by atoms with Gasteiger partial charge in [0, 0.05) is 0 Å². The van der Waals surface area contributed by atoms with Gasteiger partial charge >= 0.3 is 15.7 Å². The lowest BCUT2D eigenvalue weighted by Crippen LogP contribution is -2.23. The smallest absolute Gasteiger partial charge is 0.371 e. The van der Waals surface area contributed by atoms with Crippen LogP contribution in [-0.2, 0) is 14.0 Å². The van der Waals surface area contributed by atoms with Crippen molar-refractivity contribution in [3.05, 3.63) is 41.7 Å². The SMILES string of the molecule is C=C(O[Si]c1cccc(C)c1C)C(=O)OCC. The summed E-state index contributed by atoms with van der Waals surface area (Å²) in [6.07, 6.45) is 0. The molecule has 1 aromatic carbocycles. The molecule has 0 saturated heterocycles. The van der Waals surface area contributed by atoms with Crippen molar-refractivity contribution < 1.29 is 14.0 Å². The fourth-order valence-corrected chi connectivity index (χ4v) is 2.06. The third-order valence-corrected chi connectivity index (χ3v) is 3.50. The Morgan fingerprint density at radius 2 is 2.12 bits per heavy atom. The van der Waals surface area contributed by atoms with Gasteiger partial charge in [0.15, 0.2) is 5.76 Å². The Morgan fingerprint density at radius 1 is 1.41 bits per heavy atom. The summed E-state index contributed by atoms with van der Waals surface area (Å²) in [5.41, 5.74) is 2.39. The number of rotatable bonds is 5. The predicted molar refractivity (Wildman–Crippen MR) is 68.2 cm³/mol. The van der Waals surface area contributed by atoms with E-state index in [0.717, 1.165) is 5.19 Å². The quantitative estimate of drug-likeness (QED) is 0.344. The van der Waals surface area contributed by atoms with E-state index >= 15 is 0 Å². The second-order valence-electron chi connectivity index (χ2n) is 3.60. The summed E-state index contributed by atoms with van der Waals surface area (Å²) in [5, 5.41) is 1.08. The van der Waals surface area contributed by atoms with E-state index in [2.05, 4.69) is 6.58 Å². The van der Waals surface area contributed by atoms with Gasteiger partial charge in [-0.05, 0) is 37.1 Å². The van der Waals surface area contributed by atoms with Crippen molar-refractivity contribution >= 4 is 20.9 Å². The summed E-state index contributed by atoms with van der Waals surface area (Å²) in [4.78, 5) is 11.3. The van der Waals surface area contributed by atoms with Gasteiger partial charge in [-0.1, -0.05) is 24.8 Å². The minimum Gasteiger partial charge on any atom is -0.531 e. The zero-order valence-corrected chi connectivity index (χ0v) is 11.4. The zero-order chi connectivity index (χ0) is 12.8. The van der Waals surface area contributed by atoms with Crippen molar-refractivity contribution in [2.45, 2.75) is 20.8 Å². The lowest BCUT2D eigenvalue weighted by atomic mass is 10.1. The van der Waals surface area contributed by atoms with Gasteiger partial charge in [0.2, 0.25) is 0 Å². The highest BCUT2D eigenvalue weighted by atomic mass is 28.2. The molecule has 0 aliphatic heterocycles. The summed E-state index contributed by atoms with van der Waals surface area (Å²) >= 11 is 0. The maximum Gasteiger partial charge on any atom is 0.371 e. The fraction of sp³-hybridized carbons (Fsp3) is 0.308. The molecule has 1 aromatic rings. The van der Waals surface area contributed by atoms with Crippen molar-refractivity contribution in [2.24, 2.45) is 0 Å². The second-order valence-corrected chi connectivity index (χ2v) is 4.54. The average molecular weight is 248 g/mol. The monoisotopic (exact) mass is 248 g/mol. The molecule has 0 bridgehead atoms. The van der Waals surface area contributed by atoms with Crippen molar-refractivity contribution in [3.8, 4) is 0 Å². The number of carbonyl (C=O) groups is 1. The average Bonchev–Trinajstić information content (AvgIpc) is 2.31. The van der Waals surface area contributed by atoms with Crippen molar-refractivity contribution in [2.75, 3.05) is 6.61 Å². The molecule has 0 saturated carbocycles. The molecule has 0 aromatic heterocycles. The first-order valence-electron chi connectivity index (χ1n) is 5.41. The molecule has 0 N–H and O–H groups in total. The molecule has 0 heterocycles. The van der Waals surface area contributed by atoms with E-state index in [4.69, 9.17) is 9.16 Å². The van der Waals surface area contributed by atoms with E-state index in [0.29, 0.717) is 6.61 Å². The lowest BCUT2D eigenvalue weighted by Gasteiger charge is -2.09. The normalized spacial score (nSPS) is 9.82. The second kappa shape index (κ2) is 6.25. The van der Waals surface area contributed by atoms with E-state index < -0.39 is 5.97 Å². The molecule has 0 amide bonds. The molecule has 0 aliphatic rings. The number of benzene rings is 1. The van der Waals surface area contributed by atoms with Gasteiger partial charge in [0.05, 0.1) is 6.61 Å². The van der Waals surface area contributed by atoms with Crippen molar-refractivity contribution in [1.82, 2.24) is 0 Å². The molecular formula is C13H16O3Si. The maximum absolute atomic E-state index is 11.3. The first-order chi connectivity index (χ1) is 8.06. The number of esters is 1. The van der Waals surface area contributed by atoms with Gasteiger partial charge in [-0.15, -0.1) is 0 Å². The maximum atomic E-state index is 11.3. The number of aryl methyl sites for hydroxylation is 1. The minimum absolute atomic E-state index is 0.0612. The summed E-state index contributed by atoms with van der Waals surface area (Å²) in [7, 11) is 0.0769. The number of carbonyl (C=O) groups excluding carboxylic acids is 1.